The quantitative estimate of drug-likeness (QED) is 0.471. The van der Waals surface area contributed by atoms with Crippen molar-refractivity contribution in [3.05, 3.63) is 53.3 Å². The third kappa shape index (κ3) is 4.04. The average Bonchev–Trinajstić information content (AvgIpc) is 3.00. The summed E-state index contributed by atoms with van der Waals surface area (Å²) in [6.45, 7) is 1.72. The van der Waals surface area contributed by atoms with Gasteiger partial charge in [0.2, 0.25) is 0 Å². The molecular formula is C17H12F3NO3. The lowest BCUT2D eigenvalue weighted by Gasteiger charge is -2.07. The minimum atomic E-state index is -4.46. The van der Waals surface area contributed by atoms with Gasteiger partial charge in [0.15, 0.2) is 0 Å². The molecule has 0 aliphatic rings. The summed E-state index contributed by atoms with van der Waals surface area (Å²) in [5.74, 6) is -0.447. The summed E-state index contributed by atoms with van der Waals surface area (Å²) in [4.78, 5) is 11.5. The van der Waals surface area contributed by atoms with E-state index in [0.717, 1.165) is 12.1 Å². The molecule has 0 N–H and O–H groups in total. The monoisotopic (exact) mass is 335 g/mol. The third-order valence-corrected chi connectivity index (χ3v) is 3.00. The van der Waals surface area contributed by atoms with Crippen LogP contribution in [0, 0.1) is 11.3 Å². The van der Waals surface area contributed by atoms with Gasteiger partial charge < -0.3 is 9.15 Å². The molecule has 7 heteroatoms. The minimum absolute atomic E-state index is 0.117. The molecule has 0 spiro atoms. The van der Waals surface area contributed by atoms with Crippen LogP contribution in [-0.4, -0.2) is 12.6 Å². The second-order valence-corrected chi connectivity index (χ2v) is 4.67. The zero-order valence-corrected chi connectivity index (χ0v) is 12.6. The lowest BCUT2D eigenvalue weighted by molar-refractivity contribution is -0.138. The zero-order chi connectivity index (χ0) is 17.7. The van der Waals surface area contributed by atoms with Gasteiger partial charge in [-0.25, -0.2) is 4.79 Å². The molecule has 0 fully saturated rings. The maximum Gasteiger partial charge on any atom is 0.416 e. The summed E-state index contributed by atoms with van der Waals surface area (Å²) in [5, 5.41) is 8.95. The van der Waals surface area contributed by atoms with Crippen molar-refractivity contribution in [3.63, 3.8) is 0 Å². The summed E-state index contributed by atoms with van der Waals surface area (Å²) in [6.07, 6.45) is -3.28. The molecule has 0 radical (unpaired) electrons. The molecule has 2 aromatic rings. The molecule has 1 aromatic carbocycles. The summed E-state index contributed by atoms with van der Waals surface area (Å²) < 4.78 is 48.3. The topological polar surface area (TPSA) is 63.2 Å². The molecule has 24 heavy (non-hydrogen) atoms. The van der Waals surface area contributed by atoms with E-state index in [1.807, 2.05) is 0 Å². The number of rotatable bonds is 4. The number of halogens is 3. The first-order valence-corrected chi connectivity index (χ1v) is 6.91. The maximum atomic E-state index is 12.7. The van der Waals surface area contributed by atoms with Crippen LogP contribution in [0.3, 0.4) is 0 Å². The van der Waals surface area contributed by atoms with E-state index in [4.69, 9.17) is 14.4 Å². The summed E-state index contributed by atoms with van der Waals surface area (Å²) in [7, 11) is 0. The van der Waals surface area contributed by atoms with Crippen molar-refractivity contribution in [2.75, 3.05) is 6.61 Å². The Hall–Kier alpha value is -3.01. The Morgan fingerprint density at radius 1 is 1.33 bits per heavy atom. The van der Waals surface area contributed by atoms with Crippen molar-refractivity contribution in [2.24, 2.45) is 0 Å². The van der Waals surface area contributed by atoms with Crippen molar-refractivity contribution in [1.29, 1.82) is 5.26 Å². The van der Waals surface area contributed by atoms with E-state index in [1.165, 1.54) is 30.3 Å². The van der Waals surface area contributed by atoms with Crippen molar-refractivity contribution in [1.82, 2.24) is 0 Å². The van der Waals surface area contributed by atoms with Gasteiger partial charge in [-0.15, -0.1) is 0 Å². The summed E-state index contributed by atoms with van der Waals surface area (Å²) >= 11 is 0. The lowest BCUT2D eigenvalue weighted by atomic mass is 10.1. The number of nitrogens with zero attached hydrogens (tertiary/aromatic N) is 1. The predicted molar refractivity (Wildman–Crippen MR) is 79.4 cm³/mol. The third-order valence-electron chi connectivity index (χ3n) is 3.00. The van der Waals surface area contributed by atoms with E-state index >= 15 is 0 Å². The van der Waals surface area contributed by atoms with Crippen LogP contribution in [0.25, 0.3) is 17.4 Å². The number of ether oxygens (including phenoxy) is 1. The Bertz CT molecular complexity index is 813. The average molecular weight is 335 g/mol. The fourth-order valence-electron chi connectivity index (χ4n) is 1.92. The van der Waals surface area contributed by atoms with Crippen LogP contribution in [0.2, 0.25) is 0 Å². The van der Waals surface area contributed by atoms with Gasteiger partial charge >= 0.3 is 12.1 Å². The van der Waals surface area contributed by atoms with E-state index in [1.54, 1.807) is 13.0 Å². The second-order valence-electron chi connectivity index (χ2n) is 4.67. The number of furan rings is 1. The molecule has 0 aliphatic carbocycles. The Balaban J connectivity index is 2.31. The predicted octanol–water partition coefficient (Wildman–Crippen LogP) is 4.44. The Morgan fingerprint density at radius 2 is 2.08 bits per heavy atom. The molecule has 0 saturated heterocycles. The maximum absolute atomic E-state index is 12.7. The fraction of sp³-hybridized carbons (Fsp3) is 0.176. The normalized spacial score (nSPS) is 11.9. The van der Waals surface area contributed by atoms with Gasteiger partial charge in [0.25, 0.3) is 0 Å². The highest BCUT2D eigenvalue weighted by Gasteiger charge is 2.30. The van der Waals surface area contributed by atoms with Crippen LogP contribution >= 0.6 is 0 Å². The molecule has 0 bridgehead atoms. The highest BCUT2D eigenvalue weighted by molar-refractivity contribution is 5.97. The number of hydrogen-bond donors (Lipinski definition) is 0. The molecule has 2 rings (SSSR count). The number of hydrogen-bond acceptors (Lipinski definition) is 4. The molecule has 0 unspecified atom stereocenters. The van der Waals surface area contributed by atoms with E-state index in [2.05, 4.69) is 0 Å². The van der Waals surface area contributed by atoms with E-state index in [9.17, 15) is 18.0 Å². The van der Waals surface area contributed by atoms with Gasteiger partial charge in [0, 0.05) is 11.6 Å². The van der Waals surface area contributed by atoms with Crippen LogP contribution in [0.5, 0.6) is 0 Å². The van der Waals surface area contributed by atoms with Crippen LogP contribution in [-0.2, 0) is 15.7 Å². The van der Waals surface area contributed by atoms with Gasteiger partial charge in [0.05, 0.1) is 12.2 Å². The Morgan fingerprint density at radius 3 is 2.71 bits per heavy atom. The van der Waals surface area contributed by atoms with Gasteiger partial charge in [-0.3, -0.25) is 0 Å². The van der Waals surface area contributed by atoms with Gasteiger partial charge in [-0.05, 0) is 31.2 Å². The number of benzene rings is 1. The largest absolute Gasteiger partial charge is 0.462 e. The molecule has 0 amide bonds. The van der Waals surface area contributed by atoms with E-state index in [0.29, 0.717) is 0 Å². The first-order chi connectivity index (χ1) is 11.3. The highest BCUT2D eigenvalue weighted by atomic mass is 19.4. The SMILES string of the molecule is CCOC(=O)C(C#N)=Cc1ccc(-c2cccc(C(F)(F)F)c2)o1. The number of nitriles is 1. The van der Waals surface area contributed by atoms with Crippen molar-refractivity contribution >= 4 is 12.0 Å². The molecule has 0 atom stereocenters. The minimum Gasteiger partial charge on any atom is -0.462 e. The summed E-state index contributed by atoms with van der Waals surface area (Å²) in [6, 6.07) is 9.27. The molecule has 4 nitrogen and oxygen atoms in total. The van der Waals surface area contributed by atoms with Crippen LogP contribution < -0.4 is 0 Å². The molecule has 0 aliphatic heterocycles. The lowest BCUT2D eigenvalue weighted by Crippen LogP contribution is -2.05. The van der Waals surface area contributed by atoms with Gasteiger partial charge in [-0.1, -0.05) is 12.1 Å². The molecule has 1 heterocycles. The van der Waals surface area contributed by atoms with Crippen molar-refractivity contribution in [3.8, 4) is 17.4 Å². The zero-order valence-electron chi connectivity index (χ0n) is 12.6. The first kappa shape index (κ1) is 17.3. The first-order valence-electron chi connectivity index (χ1n) is 6.91. The van der Waals surface area contributed by atoms with Crippen LogP contribution in [0.15, 0.2) is 46.4 Å². The van der Waals surface area contributed by atoms with E-state index in [-0.39, 0.29) is 29.3 Å². The number of carbonyl (C=O) groups excluding carboxylic acids is 1. The summed E-state index contributed by atoms with van der Waals surface area (Å²) in [5.41, 5.74) is -0.821. The fourth-order valence-corrected chi connectivity index (χ4v) is 1.92. The highest BCUT2D eigenvalue weighted by Crippen LogP contribution is 2.32. The Labute approximate surface area is 135 Å². The smallest absolute Gasteiger partial charge is 0.416 e. The number of esters is 1. The van der Waals surface area contributed by atoms with Crippen molar-refractivity contribution < 1.29 is 27.1 Å². The van der Waals surface area contributed by atoms with Crippen LogP contribution in [0.4, 0.5) is 13.2 Å². The van der Waals surface area contributed by atoms with E-state index < -0.39 is 17.7 Å². The standard InChI is InChI=1S/C17H12F3NO3/c1-2-23-16(22)12(10-21)9-14-6-7-15(24-14)11-4-3-5-13(8-11)17(18,19)20/h3-9H,2H2,1H3. The number of carbonyl (C=O) groups is 1. The second kappa shape index (κ2) is 7.04. The van der Waals surface area contributed by atoms with Crippen LogP contribution in [0.1, 0.15) is 18.2 Å². The number of alkyl halides is 3. The van der Waals surface area contributed by atoms with Crippen molar-refractivity contribution in [2.45, 2.75) is 13.1 Å². The molecule has 0 saturated carbocycles. The molecular weight excluding hydrogens is 323 g/mol. The van der Waals surface area contributed by atoms with Gasteiger partial charge in [-0.2, -0.15) is 18.4 Å². The molecule has 124 valence electrons. The Kier molecular flexibility index (Phi) is 5.09. The molecule has 1 aromatic heterocycles. The van der Waals surface area contributed by atoms with Gasteiger partial charge in [0.1, 0.15) is 23.2 Å².